The first-order valence-electron chi connectivity index (χ1n) is 4.36. The monoisotopic (exact) mass is 216 g/mol. The fourth-order valence-corrected chi connectivity index (χ4v) is 1.30. The Labute approximate surface area is 88.5 Å². The lowest BCUT2D eigenvalue weighted by Gasteiger charge is -2.04. The van der Waals surface area contributed by atoms with Crippen molar-refractivity contribution < 1.29 is 9.59 Å². The summed E-state index contributed by atoms with van der Waals surface area (Å²) >= 11 is 1.51. The largest absolute Gasteiger partial charge is 0.355 e. The van der Waals surface area contributed by atoms with Crippen LogP contribution in [0.2, 0.25) is 0 Å². The van der Waals surface area contributed by atoms with E-state index in [0.717, 1.165) is 5.75 Å². The van der Waals surface area contributed by atoms with Crippen LogP contribution >= 0.6 is 11.8 Å². The van der Waals surface area contributed by atoms with Gasteiger partial charge in [0.2, 0.25) is 11.8 Å². The van der Waals surface area contributed by atoms with E-state index in [2.05, 4.69) is 17.2 Å². The third kappa shape index (κ3) is 9.12. The van der Waals surface area contributed by atoms with Gasteiger partial charge in [0.05, 0.1) is 5.75 Å². The summed E-state index contributed by atoms with van der Waals surface area (Å²) in [6.07, 6.45) is 1.76. The summed E-state index contributed by atoms with van der Waals surface area (Å²) in [5, 5.41) is 5.28. The summed E-state index contributed by atoms with van der Waals surface area (Å²) in [7, 11) is 0. The van der Waals surface area contributed by atoms with Crippen molar-refractivity contribution in [3.05, 3.63) is 12.7 Å². The van der Waals surface area contributed by atoms with Gasteiger partial charge in [-0.2, -0.15) is 0 Å². The zero-order valence-corrected chi connectivity index (χ0v) is 9.15. The molecule has 0 saturated carbocycles. The minimum atomic E-state index is -0.0831. The molecule has 0 heterocycles. The molecule has 0 spiro atoms. The number of carbonyl (C=O) groups is 2. The van der Waals surface area contributed by atoms with Gasteiger partial charge in [0.25, 0.3) is 0 Å². The number of thioether (sulfide) groups is 1. The van der Waals surface area contributed by atoms with Crippen molar-refractivity contribution in [2.24, 2.45) is 0 Å². The first-order valence-corrected chi connectivity index (χ1v) is 5.52. The number of nitrogens with one attached hydrogen (secondary N) is 2. The van der Waals surface area contributed by atoms with Gasteiger partial charge in [-0.1, -0.05) is 6.08 Å². The zero-order valence-electron chi connectivity index (χ0n) is 8.34. The van der Waals surface area contributed by atoms with Crippen molar-refractivity contribution in [2.45, 2.75) is 6.92 Å². The summed E-state index contributed by atoms with van der Waals surface area (Å²) in [5.41, 5.74) is 0. The molecule has 0 aromatic heterocycles. The summed E-state index contributed by atoms with van der Waals surface area (Å²) in [6, 6.07) is 0. The standard InChI is InChI=1S/C9H16N2O2S/c1-3-6-14-7-9(13)11-5-4-10-8(2)12/h3H,1,4-7H2,2H3,(H,10,12)(H,11,13). The molecule has 0 aromatic rings. The van der Waals surface area contributed by atoms with Crippen molar-refractivity contribution in [3.63, 3.8) is 0 Å². The van der Waals surface area contributed by atoms with Gasteiger partial charge in [-0.25, -0.2) is 0 Å². The molecular weight excluding hydrogens is 200 g/mol. The van der Waals surface area contributed by atoms with E-state index in [1.54, 1.807) is 6.08 Å². The van der Waals surface area contributed by atoms with Crippen molar-refractivity contribution in [1.82, 2.24) is 10.6 Å². The second kappa shape index (κ2) is 8.62. The molecule has 0 fully saturated rings. The highest BCUT2D eigenvalue weighted by molar-refractivity contribution is 8.00. The molecule has 0 aliphatic heterocycles. The third-order valence-corrected chi connectivity index (χ3v) is 2.23. The van der Waals surface area contributed by atoms with Crippen LogP contribution in [0.3, 0.4) is 0 Å². The predicted octanol–water partition coefficient (Wildman–Crippen LogP) is 0.158. The van der Waals surface area contributed by atoms with Crippen LogP contribution in [0, 0.1) is 0 Å². The van der Waals surface area contributed by atoms with E-state index in [-0.39, 0.29) is 11.8 Å². The Morgan fingerprint density at radius 1 is 1.36 bits per heavy atom. The van der Waals surface area contributed by atoms with Gasteiger partial charge >= 0.3 is 0 Å². The van der Waals surface area contributed by atoms with E-state index >= 15 is 0 Å². The van der Waals surface area contributed by atoms with E-state index < -0.39 is 0 Å². The summed E-state index contributed by atoms with van der Waals surface area (Å²) in [5.74, 6) is 1.12. The fraction of sp³-hybridized carbons (Fsp3) is 0.556. The average Bonchev–Trinajstić information content (AvgIpc) is 2.13. The molecule has 0 aromatic carbocycles. The van der Waals surface area contributed by atoms with E-state index in [9.17, 15) is 9.59 Å². The van der Waals surface area contributed by atoms with Crippen LogP contribution in [0.25, 0.3) is 0 Å². The van der Waals surface area contributed by atoms with Gasteiger partial charge in [-0.05, 0) is 0 Å². The first-order chi connectivity index (χ1) is 6.66. The molecule has 2 N–H and O–H groups in total. The number of carbonyl (C=O) groups excluding carboxylic acids is 2. The van der Waals surface area contributed by atoms with Crippen LogP contribution in [0.15, 0.2) is 12.7 Å². The Kier molecular flexibility index (Phi) is 8.02. The maximum absolute atomic E-state index is 11.1. The smallest absolute Gasteiger partial charge is 0.230 e. The molecule has 4 nitrogen and oxygen atoms in total. The van der Waals surface area contributed by atoms with Gasteiger partial charge in [0, 0.05) is 25.8 Å². The summed E-state index contributed by atoms with van der Waals surface area (Å²) in [4.78, 5) is 21.5. The molecular formula is C9H16N2O2S. The molecule has 0 unspecified atom stereocenters. The van der Waals surface area contributed by atoms with Gasteiger partial charge < -0.3 is 10.6 Å². The SMILES string of the molecule is C=CCSCC(=O)NCCNC(C)=O. The number of amides is 2. The lowest BCUT2D eigenvalue weighted by molar-refractivity contribution is -0.120. The van der Waals surface area contributed by atoms with Crippen LogP contribution in [-0.4, -0.2) is 36.4 Å². The van der Waals surface area contributed by atoms with Crippen LogP contribution < -0.4 is 10.6 Å². The van der Waals surface area contributed by atoms with Gasteiger partial charge in [-0.15, -0.1) is 18.3 Å². The first kappa shape index (κ1) is 13.0. The quantitative estimate of drug-likeness (QED) is 0.471. The lowest BCUT2D eigenvalue weighted by atomic mass is 10.5. The molecule has 0 bridgehead atoms. The molecule has 0 aliphatic rings. The van der Waals surface area contributed by atoms with Crippen molar-refractivity contribution in [2.75, 3.05) is 24.6 Å². The normalized spacial score (nSPS) is 9.21. The molecule has 14 heavy (non-hydrogen) atoms. The molecule has 0 radical (unpaired) electrons. The number of hydrogen-bond acceptors (Lipinski definition) is 3. The van der Waals surface area contributed by atoms with Crippen molar-refractivity contribution in [3.8, 4) is 0 Å². The van der Waals surface area contributed by atoms with E-state index in [4.69, 9.17) is 0 Å². The average molecular weight is 216 g/mol. The minimum absolute atomic E-state index is 0.0118. The van der Waals surface area contributed by atoms with Gasteiger partial charge in [0.1, 0.15) is 0 Å². The Bertz CT molecular complexity index is 207. The highest BCUT2D eigenvalue weighted by Crippen LogP contribution is 1.97. The van der Waals surface area contributed by atoms with Gasteiger partial charge in [0.15, 0.2) is 0 Å². The van der Waals surface area contributed by atoms with Crippen LogP contribution in [0.5, 0.6) is 0 Å². The Balaban J connectivity index is 3.26. The van der Waals surface area contributed by atoms with Crippen LogP contribution in [0.4, 0.5) is 0 Å². The number of rotatable bonds is 7. The Morgan fingerprint density at radius 2 is 2.00 bits per heavy atom. The van der Waals surface area contributed by atoms with E-state index in [1.165, 1.54) is 18.7 Å². The maximum atomic E-state index is 11.1. The summed E-state index contributed by atoms with van der Waals surface area (Å²) in [6.45, 7) is 5.96. The molecule has 0 rings (SSSR count). The van der Waals surface area contributed by atoms with E-state index in [1.807, 2.05) is 0 Å². The molecule has 2 amide bonds. The molecule has 0 aliphatic carbocycles. The zero-order chi connectivity index (χ0) is 10.8. The highest BCUT2D eigenvalue weighted by Gasteiger charge is 1.99. The van der Waals surface area contributed by atoms with Crippen molar-refractivity contribution >= 4 is 23.6 Å². The number of hydrogen-bond donors (Lipinski definition) is 2. The fourth-order valence-electron chi connectivity index (χ4n) is 0.726. The lowest BCUT2D eigenvalue weighted by Crippen LogP contribution is -2.34. The molecule has 0 atom stereocenters. The van der Waals surface area contributed by atoms with Crippen LogP contribution in [-0.2, 0) is 9.59 Å². The Hall–Kier alpha value is -0.970. The molecule has 80 valence electrons. The highest BCUT2D eigenvalue weighted by atomic mass is 32.2. The summed E-state index contributed by atoms with van der Waals surface area (Å²) < 4.78 is 0. The molecule has 0 saturated heterocycles. The minimum Gasteiger partial charge on any atom is -0.355 e. The maximum Gasteiger partial charge on any atom is 0.230 e. The predicted molar refractivity (Wildman–Crippen MR) is 59.2 cm³/mol. The second-order valence-electron chi connectivity index (χ2n) is 2.64. The van der Waals surface area contributed by atoms with E-state index in [0.29, 0.717) is 18.8 Å². The second-order valence-corrected chi connectivity index (χ2v) is 3.67. The molecule has 5 heteroatoms. The van der Waals surface area contributed by atoms with Crippen LogP contribution in [0.1, 0.15) is 6.92 Å². The van der Waals surface area contributed by atoms with Crippen molar-refractivity contribution in [1.29, 1.82) is 0 Å². The van der Waals surface area contributed by atoms with Gasteiger partial charge in [-0.3, -0.25) is 9.59 Å². The topological polar surface area (TPSA) is 58.2 Å². The Morgan fingerprint density at radius 3 is 2.57 bits per heavy atom. The third-order valence-electron chi connectivity index (χ3n) is 1.29.